The fourth-order valence-electron chi connectivity index (χ4n) is 4.91. The molecule has 36 heavy (non-hydrogen) atoms. The summed E-state index contributed by atoms with van der Waals surface area (Å²) in [7, 11) is 0. The number of nitrogens with one attached hydrogen (secondary N) is 1. The number of carboxylic acids is 1. The van der Waals surface area contributed by atoms with Gasteiger partial charge in [0.05, 0.1) is 12.5 Å². The number of hydrogen-bond acceptors (Lipinski definition) is 3. The molecule has 0 fully saturated rings. The predicted octanol–water partition coefficient (Wildman–Crippen LogP) is 6.32. The molecule has 4 aromatic rings. The molecule has 5 rings (SSSR count). The first-order valence-electron chi connectivity index (χ1n) is 12.1. The largest absolute Gasteiger partial charge is 0.481 e. The second-order valence-corrected chi connectivity index (χ2v) is 8.99. The van der Waals surface area contributed by atoms with Crippen LogP contribution in [0.5, 0.6) is 0 Å². The van der Waals surface area contributed by atoms with E-state index in [0.29, 0.717) is 6.42 Å². The highest BCUT2D eigenvalue weighted by Crippen LogP contribution is 2.44. The molecule has 0 unspecified atom stereocenters. The Morgan fingerprint density at radius 1 is 0.861 bits per heavy atom. The van der Waals surface area contributed by atoms with Gasteiger partial charge in [0.15, 0.2) is 0 Å². The summed E-state index contributed by atoms with van der Waals surface area (Å²) in [6.45, 7) is 0.224. The molecule has 180 valence electrons. The Balaban J connectivity index is 1.29. The second-order valence-electron chi connectivity index (χ2n) is 8.99. The van der Waals surface area contributed by atoms with Crippen molar-refractivity contribution in [3.8, 4) is 11.1 Å². The summed E-state index contributed by atoms with van der Waals surface area (Å²) in [5.41, 5.74) is 5.69. The molecule has 1 aliphatic carbocycles. The van der Waals surface area contributed by atoms with E-state index in [1.54, 1.807) is 12.2 Å². The van der Waals surface area contributed by atoms with Gasteiger partial charge in [-0.3, -0.25) is 4.79 Å². The number of aliphatic carboxylic acids is 1. The molecule has 1 atom stereocenters. The molecule has 0 saturated heterocycles. The van der Waals surface area contributed by atoms with Crippen LogP contribution in [0.1, 0.15) is 29.0 Å². The number of amides is 1. The molecular weight excluding hydrogens is 450 g/mol. The summed E-state index contributed by atoms with van der Waals surface area (Å²) in [6.07, 6.45) is 3.18. The zero-order chi connectivity index (χ0) is 24.9. The van der Waals surface area contributed by atoms with E-state index in [-0.39, 0.29) is 18.9 Å². The number of carbonyl (C=O) groups excluding carboxylic acids is 1. The molecule has 4 aromatic carbocycles. The Hall–Kier alpha value is -4.38. The minimum absolute atomic E-state index is 0.0235. The van der Waals surface area contributed by atoms with E-state index >= 15 is 0 Å². The van der Waals surface area contributed by atoms with Crippen LogP contribution < -0.4 is 5.32 Å². The van der Waals surface area contributed by atoms with E-state index in [0.717, 1.165) is 27.5 Å². The summed E-state index contributed by atoms with van der Waals surface area (Å²) in [4.78, 5) is 23.8. The monoisotopic (exact) mass is 477 g/mol. The van der Waals surface area contributed by atoms with Crippen molar-refractivity contribution in [1.82, 2.24) is 5.32 Å². The topological polar surface area (TPSA) is 75.6 Å². The van der Waals surface area contributed by atoms with Crippen molar-refractivity contribution in [1.29, 1.82) is 0 Å². The second kappa shape index (κ2) is 10.5. The van der Waals surface area contributed by atoms with Crippen LogP contribution in [0.15, 0.2) is 103 Å². The van der Waals surface area contributed by atoms with Crippen LogP contribution in [0.2, 0.25) is 0 Å². The van der Waals surface area contributed by atoms with Crippen molar-refractivity contribution in [3.63, 3.8) is 0 Å². The maximum Gasteiger partial charge on any atom is 0.407 e. The fraction of sp³-hybridized carbons (Fsp3) is 0.161. The first-order valence-corrected chi connectivity index (χ1v) is 12.1. The van der Waals surface area contributed by atoms with Crippen LogP contribution in [0.25, 0.3) is 21.9 Å². The SMILES string of the molecule is O=C(O)C/C=C/[C@H](Cc1ccc2ccccc2c1)NC(=O)OCC1c2ccccc2-c2ccccc21. The van der Waals surface area contributed by atoms with Crippen LogP contribution in [0.4, 0.5) is 4.79 Å². The van der Waals surface area contributed by atoms with Crippen molar-refractivity contribution < 1.29 is 19.4 Å². The molecule has 0 bridgehead atoms. The number of alkyl carbamates (subject to hydrolysis) is 1. The van der Waals surface area contributed by atoms with E-state index in [1.807, 2.05) is 48.5 Å². The number of fused-ring (bicyclic) bond motifs is 4. The van der Waals surface area contributed by atoms with Crippen LogP contribution in [0, 0.1) is 0 Å². The van der Waals surface area contributed by atoms with Gasteiger partial charge in [0.25, 0.3) is 0 Å². The Morgan fingerprint density at radius 3 is 2.19 bits per heavy atom. The molecular formula is C31H27NO4. The Labute approximate surface area is 210 Å². The summed E-state index contributed by atoms with van der Waals surface area (Å²) < 4.78 is 5.71. The number of rotatable bonds is 8. The zero-order valence-electron chi connectivity index (χ0n) is 19.8. The number of benzene rings is 4. The molecule has 0 aliphatic heterocycles. The number of ether oxygens (including phenoxy) is 1. The van der Waals surface area contributed by atoms with Gasteiger partial charge in [-0.2, -0.15) is 0 Å². The van der Waals surface area contributed by atoms with Crippen molar-refractivity contribution in [2.45, 2.75) is 24.8 Å². The Kier molecular flexibility index (Phi) is 6.80. The summed E-state index contributed by atoms with van der Waals surface area (Å²) in [5.74, 6) is -0.943. The lowest BCUT2D eigenvalue weighted by Gasteiger charge is -2.18. The van der Waals surface area contributed by atoms with Gasteiger partial charge >= 0.3 is 12.1 Å². The lowest BCUT2D eigenvalue weighted by Crippen LogP contribution is -2.36. The fourth-order valence-corrected chi connectivity index (χ4v) is 4.91. The van der Waals surface area contributed by atoms with Crippen LogP contribution in [-0.4, -0.2) is 29.8 Å². The number of hydrogen-bond donors (Lipinski definition) is 2. The molecule has 0 spiro atoms. The molecule has 2 N–H and O–H groups in total. The minimum Gasteiger partial charge on any atom is -0.481 e. The van der Waals surface area contributed by atoms with E-state index in [9.17, 15) is 9.59 Å². The Bertz CT molecular complexity index is 1400. The quantitative estimate of drug-likeness (QED) is 0.291. The predicted molar refractivity (Wildman–Crippen MR) is 141 cm³/mol. The summed E-state index contributed by atoms with van der Waals surface area (Å²) in [5, 5.41) is 14.2. The van der Waals surface area contributed by atoms with Gasteiger partial charge in [-0.15, -0.1) is 0 Å². The molecule has 0 saturated carbocycles. The lowest BCUT2D eigenvalue weighted by atomic mass is 9.98. The van der Waals surface area contributed by atoms with Crippen molar-refractivity contribution in [2.75, 3.05) is 6.61 Å². The maximum atomic E-state index is 12.9. The maximum absolute atomic E-state index is 12.9. The average molecular weight is 478 g/mol. The third-order valence-electron chi connectivity index (χ3n) is 6.58. The normalized spacial score (nSPS) is 13.3. The van der Waals surface area contributed by atoms with E-state index < -0.39 is 18.1 Å². The highest BCUT2D eigenvalue weighted by molar-refractivity contribution is 5.83. The smallest absolute Gasteiger partial charge is 0.407 e. The minimum atomic E-state index is -0.920. The Morgan fingerprint density at radius 2 is 1.50 bits per heavy atom. The van der Waals surface area contributed by atoms with Crippen molar-refractivity contribution in [2.24, 2.45) is 0 Å². The van der Waals surface area contributed by atoms with Crippen molar-refractivity contribution >= 4 is 22.8 Å². The first-order chi connectivity index (χ1) is 17.6. The van der Waals surface area contributed by atoms with Crippen LogP contribution >= 0.6 is 0 Å². The molecule has 0 radical (unpaired) electrons. The van der Waals surface area contributed by atoms with Gasteiger partial charge in [0.2, 0.25) is 0 Å². The third-order valence-corrected chi connectivity index (χ3v) is 6.58. The third kappa shape index (κ3) is 5.15. The van der Waals surface area contributed by atoms with Crippen LogP contribution in [-0.2, 0) is 16.0 Å². The van der Waals surface area contributed by atoms with Gasteiger partial charge in [-0.05, 0) is 45.0 Å². The van der Waals surface area contributed by atoms with Gasteiger partial charge in [0, 0.05) is 5.92 Å². The van der Waals surface area contributed by atoms with Gasteiger partial charge in [-0.25, -0.2) is 4.79 Å². The van der Waals surface area contributed by atoms with Gasteiger partial charge in [-0.1, -0.05) is 103 Å². The molecule has 5 heteroatoms. The summed E-state index contributed by atoms with van der Waals surface area (Å²) in [6, 6.07) is 30.3. The van der Waals surface area contributed by atoms with Gasteiger partial charge in [0.1, 0.15) is 6.61 Å². The van der Waals surface area contributed by atoms with Crippen molar-refractivity contribution in [3.05, 3.63) is 120 Å². The van der Waals surface area contributed by atoms with E-state index in [4.69, 9.17) is 9.84 Å². The zero-order valence-corrected chi connectivity index (χ0v) is 19.8. The van der Waals surface area contributed by atoms with Crippen LogP contribution in [0.3, 0.4) is 0 Å². The highest BCUT2D eigenvalue weighted by Gasteiger charge is 2.29. The summed E-state index contributed by atoms with van der Waals surface area (Å²) >= 11 is 0. The first kappa shape index (κ1) is 23.4. The molecule has 1 aliphatic rings. The van der Waals surface area contributed by atoms with E-state index in [2.05, 4.69) is 47.8 Å². The number of carboxylic acid groups (broad SMARTS) is 1. The lowest BCUT2D eigenvalue weighted by molar-refractivity contribution is -0.136. The highest BCUT2D eigenvalue weighted by atomic mass is 16.5. The van der Waals surface area contributed by atoms with E-state index in [1.165, 1.54) is 11.1 Å². The average Bonchev–Trinajstić information content (AvgIpc) is 3.21. The number of carbonyl (C=O) groups is 2. The van der Waals surface area contributed by atoms with Gasteiger partial charge < -0.3 is 15.2 Å². The standard InChI is InChI=1S/C31H27NO4/c33-30(34)15-7-10-24(19-21-16-17-22-8-1-2-9-23(22)18-21)32-31(35)36-20-29-27-13-5-3-11-25(27)26-12-4-6-14-28(26)29/h1-14,16-18,24,29H,15,19-20H2,(H,32,35)(H,33,34)/b10-7+/t24-/m1/s1. The molecule has 0 heterocycles. The molecule has 1 amide bonds. The molecule has 0 aromatic heterocycles. The molecule has 5 nitrogen and oxygen atoms in total.